The highest BCUT2D eigenvalue weighted by Crippen LogP contribution is 2.24. The second kappa shape index (κ2) is 6.91. The Labute approximate surface area is 116 Å². The average molecular weight is 289 g/mol. The van der Waals surface area contributed by atoms with Gasteiger partial charge in [-0.25, -0.2) is 4.79 Å². The van der Waals surface area contributed by atoms with Gasteiger partial charge in [0.25, 0.3) is 0 Å². The van der Waals surface area contributed by atoms with Crippen molar-refractivity contribution in [2.45, 2.75) is 32.4 Å². The minimum absolute atomic E-state index is 0.0503. The van der Waals surface area contributed by atoms with Crippen molar-refractivity contribution < 1.29 is 24.2 Å². The van der Waals surface area contributed by atoms with Crippen LogP contribution >= 0.6 is 11.8 Å². The summed E-state index contributed by atoms with van der Waals surface area (Å²) in [5.74, 6) is -1.30. The lowest BCUT2D eigenvalue weighted by atomic mass is 10.1. The summed E-state index contributed by atoms with van der Waals surface area (Å²) in [7, 11) is 1.45. The molecule has 0 radical (unpaired) electrons. The van der Waals surface area contributed by atoms with Crippen molar-refractivity contribution in [3.05, 3.63) is 0 Å². The van der Waals surface area contributed by atoms with E-state index in [1.165, 1.54) is 18.9 Å². The number of rotatable bonds is 5. The fourth-order valence-corrected chi connectivity index (χ4v) is 2.77. The van der Waals surface area contributed by atoms with Crippen LogP contribution in [0.4, 0.5) is 0 Å². The maximum Gasteiger partial charge on any atom is 0.329 e. The first-order valence-corrected chi connectivity index (χ1v) is 7.06. The molecule has 0 aromatic carbocycles. The van der Waals surface area contributed by atoms with E-state index in [9.17, 15) is 19.5 Å². The molecule has 1 amide bonds. The molecule has 0 aliphatic carbocycles. The molecule has 108 valence electrons. The highest BCUT2D eigenvalue weighted by Gasteiger charge is 2.43. The second-order valence-corrected chi connectivity index (χ2v) is 5.78. The van der Waals surface area contributed by atoms with E-state index in [0.717, 1.165) is 11.8 Å². The predicted octanol–water partition coefficient (Wildman–Crippen LogP) is 0.603. The van der Waals surface area contributed by atoms with Gasteiger partial charge >= 0.3 is 5.97 Å². The SMILES string of the molecule is CO[C@H]1CCN(C(=O)C(C)CSC(C)=O)[C@@H]1C(=O)O. The van der Waals surface area contributed by atoms with Crippen molar-refractivity contribution in [2.75, 3.05) is 19.4 Å². The Morgan fingerprint density at radius 1 is 1.47 bits per heavy atom. The van der Waals surface area contributed by atoms with Gasteiger partial charge in [0.15, 0.2) is 11.2 Å². The summed E-state index contributed by atoms with van der Waals surface area (Å²) >= 11 is 1.08. The van der Waals surface area contributed by atoms with Gasteiger partial charge in [-0.15, -0.1) is 0 Å². The first-order valence-electron chi connectivity index (χ1n) is 6.08. The lowest BCUT2D eigenvalue weighted by Crippen LogP contribution is -2.47. The van der Waals surface area contributed by atoms with E-state index in [-0.39, 0.29) is 16.9 Å². The molecule has 0 saturated carbocycles. The number of thioether (sulfide) groups is 1. The fraction of sp³-hybridized carbons (Fsp3) is 0.750. The standard InChI is InChI=1S/C12H19NO5S/c1-7(6-19-8(2)14)11(15)13-5-4-9(18-3)10(13)12(16)17/h7,9-10H,4-6H2,1-3H3,(H,16,17)/t7?,9-,10-/m0/s1. The number of nitrogens with zero attached hydrogens (tertiary/aromatic N) is 1. The lowest BCUT2D eigenvalue weighted by Gasteiger charge is -2.26. The Kier molecular flexibility index (Phi) is 5.81. The zero-order chi connectivity index (χ0) is 14.6. The quantitative estimate of drug-likeness (QED) is 0.798. The first kappa shape index (κ1) is 16.0. The summed E-state index contributed by atoms with van der Waals surface area (Å²) < 4.78 is 5.11. The van der Waals surface area contributed by atoms with E-state index in [0.29, 0.717) is 18.7 Å². The van der Waals surface area contributed by atoms with Crippen molar-refractivity contribution in [1.29, 1.82) is 0 Å². The molecule has 0 bridgehead atoms. The number of likely N-dealkylation sites (tertiary alicyclic amines) is 1. The molecule has 7 heteroatoms. The van der Waals surface area contributed by atoms with Crippen LogP contribution in [0.3, 0.4) is 0 Å². The Balaban J connectivity index is 2.69. The van der Waals surface area contributed by atoms with Crippen molar-refractivity contribution in [3.63, 3.8) is 0 Å². The predicted molar refractivity (Wildman–Crippen MR) is 70.9 cm³/mol. The van der Waals surface area contributed by atoms with Gasteiger partial charge in [0, 0.05) is 32.2 Å². The van der Waals surface area contributed by atoms with Gasteiger partial charge in [-0.3, -0.25) is 9.59 Å². The molecule has 1 N–H and O–H groups in total. The smallest absolute Gasteiger partial charge is 0.329 e. The molecular weight excluding hydrogens is 270 g/mol. The lowest BCUT2D eigenvalue weighted by molar-refractivity contribution is -0.152. The molecule has 1 aliphatic rings. The Morgan fingerprint density at radius 3 is 2.58 bits per heavy atom. The van der Waals surface area contributed by atoms with E-state index in [2.05, 4.69) is 0 Å². The topological polar surface area (TPSA) is 83.9 Å². The third-order valence-corrected chi connectivity index (χ3v) is 4.21. The molecule has 1 rings (SSSR count). The van der Waals surface area contributed by atoms with E-state index < -0.39 is 18.1 Å². The third kappa shape index (κ3) is 3.94. The molecule has 6 nitrogen and oxygen atoms in total. The van der Waals surface area contributed by atoms with E-state index in [4.69, 9.17) is 4.74 Å². The summed E-state index contributed by atoms with van der Waals surface area (Å²) in [6, 6.07) is -0.928. The highest BCUT2D eigenvalue weighted by molar-refractivity contribution is 8.13. The van der Waals surface area contributed by atoms with Crippen LogP contribution in [0.5, 0.6) is 0 Å². The summed E-state index contributed by atoms with van der Waals surface area (Å²) in [6.45, 7) is 3.53. The number of hydrogen-bond acceptors (Lipinski definition) is 5. The van der Waals surface area contributed by atoms with Crippen molar-refractivity contribution in [2.24, 2.45) is 5.92 Å². The molecule has 0 aromatic heterocycles. The highest BCUT2D eigenvalue weighted by atomic mass is 32.2. The number of carbonyl (C=O) groups excluding carboxylic acids is 2. The van der Waals surface area contributed by atoms with Crippen LogP contribution in [0.2, 0.25) is 0 Å². The third-order valence-electron chi connectivity index (χ3n) is 3.14. The van der Waals surface area contributed by atoms with Crippen LogP contribution in [0.15, 0.2) is 0 Å². The minimum Gasteiger partial charge on any atom is -0.480 e. The molecular formula is C12H19NO5S. The molecule has 0 spiro atoms. The Morgan fingerprint density at radius 2 is 2.11 bits per heavy atom. The normalized spacial score (nSPS) is 24.3. The number of hydrogen-bond donors (Lipinski definition) is 1. The van der Waals surface area contributed by atoms with Crippen molar-refractivity contribution >= 4 is 28.8 Å². The van der Waals surface area contributed by atoms with Gasteiger partial charge in [0.05, 0.1) is 6.10 Å². The largest absolute Gasteiger partial charge is 0.480 e. The van der Waals surface area contributed by atoms with Crippen LogP contribution < -0.4 is 0 Å². The van der Waals surface area contributed by atoms with Crippen LogP contribution in [0, 0.1) is 5.92 Å². The molecule has 1 aliphatic heterocycles. The molecule has 3 atom stereocenters. The second-order valence-electron chi connectivity index (χ2n) is 4.58. The van der Waals surface area contributed by atoms with E-state index in [1.54, 1.807) is 6.92 Å². The van der Waals surface area contributed by atoms with Crippen LogP contribution in [0.1, 0.15) is 20.3 Å². The van der Waals surface area contributed by atoms with Crippen molar-refractivity contribution in [1.82, 2.24) is 4.90 Å². The van der Waals surface area contributed by atoms with Crippen LogP contribution in [0.25, 0.3) is 0 Å². The fourth-order valence-electron chi connectivity index (χ4n) is 2.15. The van der Waals surface area contributed by atoms with Gasteiger partial charge in [-0.05, 0) is 6.42 Å². The molecule has 1 saturated heterocycles. The maximum absolute atomic E-state index is 12.2. The Bertz CT molecular complexity index is 373. The van der Waals surface area contributed by atoms with Gasteiger partial charge in [0.1, 0.15) is 0 Å². The van der Waals surface area contributed by atoms with E-state index in [1.807, 2.05) is 0 Å². The number of carboxylic acid groups (broad SMARTS) is 1. The zero-order valence-electron chi connectivity index (χ0n) is 11.3. The van der Waals surface area contributed by atoms with Crippen LogP contribution in [-0.2, 0) is 19.1 Å². The number of amides is 1. The number of aliphatic carboxylic acids is 1. The number of carbonyl (C=O) groups is 3. The summed E-state index contributed by atoms with van der Waals surface area (Å²) in [6.07, 6.45) is 0.0558. The maximum atomic E-state index is 12.2. The van der Waals surface area contributed by atoms with Gasteiger partial charge in [-0.2, -0.15) is 0 Å². The average Bonchev–Trinajstić information content (AvgIpc) is 2.78. The van der Waals surface area contributed by atoms with E-state index >= 15 is 0 Å². The Hall–Kier alpha value is -1.08. The zero-order valence-corrected chi connectivity index (χ0v) is 12.1. The monoisotopic (exact) mass is 289 g/mol. The van der Waals surface area contributed by atoms with Gasteiger partial charge in [-0.1, -0.05) is 18.7 Å². The summed E-state index contributed by atoms with van der Waals surface area (Å²) in [5.41, 5.74) is 0. The van der Waals surface area contributed by atoms with Crippen LogP contribution in [-0.4, -0.2) is 58.6 Å². The molecule has 1 heterocycles. The van der Waals surface area contributed by atoms with Gasteiger partial charge in [0.2, 0.25) is 5.91 Å². The number of carboxylic acids is 1. The van der Waals surface area contributed by atoms with Crippen molar-refractivity contribution in [3.8, 4) is 0 Å². The summed E-state index contributed by atoms with van der Waals surface area (Å²) in [4.78, 5) is 35.7. The van der Waals surface area contributed by atoms with Gasteiger partial charge < -0.3 is 14.7 Å². The molecule has 1 fully saturated rings. The minimum atomic E-state index is -1.05. The number of methoxy groups -OCH3 is 1. The molecule has 1 unspecified atom stereocenters. The molecule has 19 heavy (non-hydrogen) atoms. The number of ether oxygens (including phenoxy) is 1. The molecule has 0 aromatic rings. The summed E-state index contributed by atoms with van der Waals surface area (Å²) in [5, 5.41) is 9.15. The first-order chi connectivity index (χ1) is 8.88.